The molecule has 0 saturated carbocycles. The van der Waals surface area contributed by atoms with Crippen LogP contribution in [-0.2, 0) is 9.59 Å². The molecule has 0 aromatic heterocycles. The van der Waals surface area contributed by atoms with Gasteiger partial charge in [-0.3, -0.25) is 29.4 Å². The van der Waals surface area contributed by atoms with Crippen LogP contribution >= 0.6 is 0 Å². The number of amides is 4. The molecule has 1 aromatic carbocycles. The number of carbonyl (C=O) groups is 4. The highest BCUT2D eigenvalue weighted by Gasteiger charge is 2.44. The molecule has 4 amide bonds. The van der Waals surface area contributed by atoms with Crippen molar-refractivity contribution in [3.05, 3.63) is 34.9 Å². The van der Waals surface area contributed by atoms with Crippen LogP contribution in [-0.4, -0.2) is 47.7 Å². The maximum atomic E-state index is 12.7. The lowest BCUT2D eigenvalue weighted by Crippen LogP contribution is -2.54. The van der Waals surface area contributed by atoms with Crippen molar-refractivity contribution >= 4 is 23.6 Å². The molecule has 0 spiro atoms. The Balaban J connectivity index is 1.65. The van der Waals surface area contributed by atoms with Crippen LogP contribution in [0.1, 0.15) is 51.5 Å². The zero-order valence-corrected chi connectivity index (χ0v) is 13.0. The van der Waals surface area contributed by atoms with Crippen molar-refractivity contribution in [2.75, 3.05) is 13.1 Å². The summed E-state index contributed by atoms with van der Waals surface area (Å²) in [5.41, 5.74) is 1.72. The van der Waals surface area contributed by atoms with Crippen LogP contribution in [0.2, 0.25) is 0 Å². The molecule has 0 aliphatic carbocycles. The van der Waals surface area contributed by atoms with E-state index >= 15 is 0 Å². The third-order valence-corrected chi connectivity index (χ3v) is 5.00. The molecule has 1 aromatic rings. The van der Waals surface area contributed by atoms with Crippen LogP contribution in [0.5, 0.6) is 0 Å². The van der Waals surface area contributed by atoms with Gasteiger partial charge in [-0.2, -0.15) is 0 Å². The Morgan fingerprint density at radius 1 is 1.00 bits per heavy atom. The number of benzene rings is 1. The van der Waals surface area contributed by atoms with Gasteiger partial charge in [-0.05, 0) is 43.0 Å². The molecule has 0 radical (unpaired) electrons. The minimum atomic E-state index is -0.910. The first-order valence-corrected chi connectivity index (χ1v) is 8.12. The average Bonchev–Trinajstić information content (AvgIpc) is 3.17. The van der Waals surface area contributed by atoms with Gasteiger partial charge in [0.2, 0.25) is 11.8 Å². The zero-order chi connectivity index (χ0) is 16.8. The summed E-state index contributed by atoms with van der Waals surface area (Å²) in [5, 5.41) is 5.48. The van der Waals surface area contributed by atoms with E-state index in [4.69, 9.17) is 0 Å². The summed E-state index contributed by atoms with van der Waals surface area (Å²) in [6, 6.07) is 4.43. The summed E-state index contributed by atoms with van der Waals surface area (Å²) < 4.78 is 0. The normalized spacial score (nSPS) is 26.8. The predicted molar refractivity (Wildman–Crippen MR) is 83.3 cm³/mol. The van der Waals surface area contributed by atoms with Crippen LogP contribution < -0.4 is 10.6 Å². The average molecular weight is 327 g/mol. The molecule has 2 fully saturated rings. The number of carbonyl (C=O) groups excluding carboxylic acids is 4. The predicted octanol–water partition coefficient (Wildman–Crippen LogP) is 0.165. The third-order valence-electron chi connectivity index (χ3n) is 5.00. The topological polar surface area (TPSA) is 95.6 Å². The molecule has 1 unspecified atom stereocenters. The summed E-state index contributed by atoms with van der Waals surface area (Å²) in [5.74, 6) is -1.52. The van der Waals surface area contributed by atoms with Gasteiger partial charge in [0.15, 0.2) is 0 Å². The van der Waals surface area contributed by atoms with Gasteiger partial charge in [0, 0.05) is 13.0 Å². The molecule has 0 bridgehead atoms. The largest absolute Gasteiger partial charge is 0.316 e. The van der Waals surface area contributed by atoms with Crippen LogP contribution in [0.3, 0.4) is 0 Å². The summed E-state index contributed by atoms with van der Waals surface area (Å²) in [7, 11) is 0. The van der Waals surface area contributed by atoms with Crippen molar-refractivity contribution in [2.24, 2.45) is 0 Å². The van der Waals surface area contributed by atoms with Crippen molar-refractivity contribution in [1.29, 1.82) is 0 Å². The number of piperidine rings is 1. The van der Waals surface area contributed by atoms with Gasteiger partial charge in [0.05, 0.1) is 11.1 Å². The van der Waals surface area contributed by atoms with Gasteiger partial charge in [-0.15, -0.1) is 0 Å². The first kappa shape index (κ1) is 15.0. The van der Waals surface area contributed by atoms with E-state index in [1.807, 2.05) is 6.07 Å². The minimum Gasteiger partial charge on any atom is -0.316 e. The first-order valence-electron chi connectivity index (χ1n) is 8.12. The zero-order valence-electron chi connectivity index (χ0n) is 13.0. The Hall–Kier alpha value is -2.54. The van der Waals surface area contributed by atoms with E-state index in [-0.39, 0.29) is 18.7 Å². The SMILES string of the molecule is O=C1CCC(N2C(=O)c3ccc([C@@H]4CCNC4)cc3C2=O)C(=O)N1. The van der Waals surface area contributed by atoms with E-state index in [1.54, 1.807) is 12.1 Å². The molecule has 2 N–H and O–H groups in total. The highest BCUT2D eigenvalue weighted by molar-refractivity contribution is 6.23. The molecule has 3 heterocycles. The fourth-order valence-corrected chi connectivity index (χ4v) is 3.68. The van der Waals surface area contributed by atoms with E-state index < -0.39 is 23.8 Å². The summed E-state index contributed by atoms with van der Waals surface area (Å²) in [6.07, 6.45) is 1.30. The maximum Gasteiger partial charge on any atom is 0.262 e. The van der Waals surface area contributed by atoms with Crippen LogP contribution in [0.15, 0.2) is 18.2 Å². The minimum absolute atomic E-state index is 0.128. The summed E-state index contributed by atoms with van der Waals surface area (Å²) in [4.78, 5) is 49.6. The number of nitrogens with zero attached hydrogens (tertiary/aromatic N) is 1. The molecule has 2 saturated heterocycles. The van der Waals surface area contributed by atoms with Crippen molar-refractivity contribution in [1.82, 2.24) is 15.5 Å². The van der Waals surface area contributed by atoms with E-state index in [2.05, 4.69) is 10.6 Å². The molecular formula is C17H17N3O4. The van der Waals surface area contributed by atoms with Gasteiger partial charge >= 0.3 is 0 Å². The Morgan fingerprint density at radius 3 is 2.50 bits per heavy atom. The van der Waals surface area contributed by atoms with E-state index in [9.17, 15) is 19.2 Å². The lowest BCUT2D eigenvalue weighted by atomic mass is 9.95. The Labute approximate surface area is 138 Å². The van der Waals surface area contributed by atoms with Crippen molar-refractivity contribution < 1.29 is 19.2 Å². The molecule has 124 valence electrons. The van der Waals surface area contributed by atoms with Gasteiger partial charge < -0.3 is 5.32 Å². The fourth-order valence-electron chi connectivity index (χ4n) is 3.68. The number of fused-ring (bicyclic) bond motifs is 1. The van der Waals surface area contributed by atoms with E-state index in [0.717, 1.165) is 30.0 Å². The van der Waals surface area contributed by atoms with Gasteiger partial charge in [0.25, 0.3) is 11.8 Å². The number of hydrogen-bond acceptors (Lipinski definition) is 5. The molecule has 3 aliphatic heterocycles. The van der Waals surface area contributed by atoms with Gasteiger partial charge in [-0.25, -0.2) is 0 Å². The lowest BCUT2D eigenvalue weighted by molar-refractivity contribution is -0.136. The smallest absolute Gasteiger partial charge is 0.262 e. The van der Waals surface area contributed by atoms with E-state index in [0.29, 0.717) is 17.0 Å². The second-order valence-corrected chi connectivity index (χ2v) is 6.44. The summed E-state index contributed by atoms with van der Waals surface area (Å²) >= 11 is 0. The summed E-state index contributed by atoms with van der Waals surface area (Å²) in [6.45, 7) is 1.80. The fraction of sp³-hybridized carbons (Fsp3) is 0.412. The first-order chi connectivity index (χ1) is 11.6. The highest BCUT2D eigenvalue weighted by Crippen LogP contribution is 2.31. The van der Waals surface area contributed by atoms with Gasteiger partial charge in [0.1, 0.15) is 6.04 Å². The number of nitrogens with one attached hydrogen (secondary N) is 2. The molecular weight excluding hydrogens is 310 g/mol. The second-order valence-electron chi connectivity index (χ2n) is 6.44. The Bertz CT molecular complexity index is 767. The van der Waals surface area contributed by atoms with E-state index in [1.165, 1.54) is 0 Å². The molecule has 2 atom stereocenters. The quantitative estimate of drug-likeness (QED) is 0.755. The van der Waals surface area contributed by atoms with Crippen LogP contribution in [0, 0.1) is 0 Å². The highest BCUT2D eigenvalue weighted by atomic mass is 16.2. The van der Waals surface area contributed by atoms with Gasteiger partial charge in [-0.1, -0.05) is 6.07 Å². The molecule has 7 nitrogen and oxygen atoms in total. The van der Waals surface area contributed by atoms with Crippen LogP contribution in [0.25, 0.3) is 0 Å². The molecule has 24 heavy (non-hydrogen) atoms. The second kappa shape index (κ2) is 5.52. The van der Waals surface area contributed by atoms with Crippen molar-refractivity contribution in [3.8, 4) is 0 Å². The Morgan fingerprint density at radius 2 is 1.79 bits per heavy atom. The molecule has 3 aliphatic rings. The standard InChI is InChI=1S/C17H17N3O4/c21-14-4-3-13(15(22)19-14)20-16(23)11-2-1-9(7-12(11)17(20)24)10-5-6-18-8-10/h1-2,7,10,13,18H,3-6,8H2,(H,19,21,22)/t10-,13?/m1/s1. The number of rotatable bonds is 2. The molecule has 4 rings (SSSR count). The maximum absolute atomic E-state index is 12.7. The third kappa shape index (κ3) is 2.24. The lowest BCUT2D eigenvalue weighted by Gasteiger charge is -2.27. The van der Waals surface area contributed by atoms with Crippen LogP contribution in [0.4, 0.5) is 0 Å². The molecule has 7 heteroatoms. The number of hydrogen-bond donors (Lipinski definition) is 2. The van der Waals surface area contributed by atoms with Crippen molar-refractivity contribution in [2.45, 2.75) is 31.2 Å². The van der Waals surface area contributed by atoms with Crippen molar-refractivity contribution in [3.63, 3.8) is 0 Å². The number of imide groups is 2. The monoisotopic (exact) mass is 327 g/mol. The Kier molecular flexibility index (Phi) is 3.45.